The summed E-state index contributed by atoms with van der Waals surface area (Å²) in [5, 5.41) is 0.502. The number of aryl methyl sites for hydroxylation is 2. The van der Waals surface area contributed by atoms with Gasteiger partial charge in [0.25, 0.3) is 10.0 Å². The highest BCUT2D eigenvalue weighted by molar-refractivity contribution is 7.92. The van der Waals surface area contributed by atoms with Gasteiger partial charge in [-0.05, 0) is 88.1 Å². The first-order valence-corrected chi connectivity index (χ1v) is 13.2. The average molecular weight is 471 g/mol. The molecule has 0 saturated carbocycles. The molecule has 0 amide bonds. The lowest BCUT2D eigenvalue weighted by atomic mass is 10.0. The van der Waals surface area contributed by atoms with Crippen LogP contribution < -0.4 is 4.72 Å². The van der Waals surface area contributed by atoms with Crippen molar-refractivity contribution in [3.63, 3.8) is 0 Å². The fourth-order valence-electron chi connectivity index (χ4n) is 3.94. The van der Waals surface area contributed by atoms with Crippen LogP contribution in [0.15, 0.2) is 46.2 Å². The monoisotopic (exact) mass is 470 g/mol. The van der Waals surface area contributed by atoms with E-state index >= 15 is 0 Å². The van der Waals surface area contributed by atoms with Crippen LogP contribution in [-0.4, -0.2) is 33.2 Å². The molecule has 9 heteroatoms. The first-order valence-electron chi connectivity index (χ1n) is 9.86. The molecule has 2 aromatic carbocycles. The lowest BCUT2D eigenvalue weighted by molar-refractivity contribution is 0.204. The van der Waals surface area contributed by atoms with Crippen LogP contribution in [0.25, 0.3) is 0 Å². The first-order chi connectivity index (χ1) is 13.9. The molecule has 1 aliphatic heterocycles. The summed E-state index contributed by atoms with van der Waals surface area (Å²) in [5.74, 6) is 0. The van der Waals surface area contributed by atoms with Gasteiger partial charge in [0.2, 0.25) is 10.0 Å². The minimum absolute atomic E-state index is 0.0620. The molecular formula is C21H27ClN2O4S2. The molecule has 1 heterocycles. The smallest absolute Gasteiger partial charge is 0.262 e. The molecule has 1 fully saturated rings. The van der Waals surface area contributed by atoms with Crippen LogP contribution in [0.2, 0.25) is 5.02 Å². The normalized spacial score (nSPS) is 20.8. The Morgan fingerprint density at radius 2 is 1.50 bits per heavy atom. The van der Waals surface area contributed by atoms with Gasteiger partial charge in [-0.3, -0.25) is 4.72 Å². The lowest BCUT2D eigenvalue weighted by Crippen LogP contribution is -2.47. The highest BCUT2D eigenvalue weighted by Gasteiger charge is 2.35. The van der Waals surface area contributed by atoms with Gasteiger partial charge < -0.3 is 0 Å². The van der Waals surface area contributed by atoms with Gasteiger partial charge in [-0.1, -0.05) is 18.0 Å². The van der Waals surface area contributed by atoms with E-state index in [1.54, 1.807) is 24.2 Å². The second kappa shape index (κ2) is 8.49. The summed E-state index contributed by atoms with van der Waals surface area (Å²) in [4.78, 5) is 0.293. The third kappa shape index (κ3) is 4.51. The Bertz CT molecular complexity index is 1140. The van der Waals surface area contributed by atoms with E-state index in [1.807, 2.05) is 13.8 Å². The van der Waals surface area contributed by atoms with Gasteiger partial charge >= 0.3 is 0 Å². The quantitative estimate of drug-likeness (QED) is 0.685. The number of hydrogen-bond donors (Lipinski definition) is 1. The van der Waals surface area contributed by atoms with Gasteiger partial charge in [-0.2, -0.15) is 4.31 Å². The predicted molar refractivity (Wildman–Crippen MR) is 120 cm³/mol. The number of halogens is 1. The molecule has 2 atom stereocenters. The van der Waals surface area contributed by atoms with E-state index in [9.17, 15) is 16.8 Å². The van der Waals surface area contributed by atoms with E-state index in [-0.39, 0.29) is 21.9 Å². The SMILES string of the molecule is Cc1cc(S(=O)(=O)Nc2ccc(S(=O)(=O)N3C(C)CCCC3C)cc2)c(C)cc1Cl. The molecule has 1 N–H and O–H groups in total. The zero-order chi connectivity index (χ0) is 22.3. The Morgan fingerprint density at radius 1 is 0.933 bits per heavy atom. The third-order valence-electron chi connectivity index (χ3n) is 5.54. The van der Waals surface area contributed by atoms with Crippen molar-refractivity contribution in [2.45, 2.75) is 68.8 Å². The van der Waals surface area contributed by atoms with Crippen molar-refractivity contribution < 1.29 is 16.8 Å². The van der Waals surface area contributed by atoms with Gasteiger partial charge in [0.15, 0.2) is 0 Å². The van der Waals surface area contributed by atoms with Crippen molar-refractivity contribution in [2.24, 2.45) is 0 Å². The summed E-state index contributed by atoms with van der Waals surface area (Å²) in [5.41, 5.74) is 1.49. The zero-order valence-corrected chi connectivity index (χ0v) is 19.9. The van der Waals surface area contributed by atoms with Gasteiger partial charge in [-0.15, -0.1) is 0 Å². The van der Waals surface area contributed by atoms with Crippen LogP contribution in [0.1, 0.15) is 44.2 Å². The molecule has 164 valence electrons. The fourth-order valence-corrected chi connectivity index (χ4v) is 7.41. The Labute approximate surface area is 184 Å². The third-order valence-corrected chi connectivity index (χ3v) is 9.61. The maximum Gasteiger partial charge on any atom is 0.262 e. The van der Waals surface area contributed by atoms with E-state index in [1.165, 1.54) is 30.3 Å². The number of rotatable bonds is 5. The summed E-state index contributed by atoms with van der Waals surface area (Å²) < 4.78 is 56.0. The van der Waals surface area contributed by atoms with E-state index in [2.05, 4.69) is 4.72 Å². The second-order valence-corrected chi connectivity index (χ2v) is 11.9. The Balaban J connectivity index is 1.86. The fraction of sp³-hybridized carbons (Fsp3) is 0.429. The molecule has 0 bridgehead atoms. The molecule has 0 aliphatic carbocycles. The molecule has 3 rings (SSSR count). The number of hydrogen-bond acceptors (Lipinski definition) is 4. The number of anilines is 1. The Kier molecular flexibility index (Phi) is 6.53. The second-order valence-electron chi connectivity index (χ2n) is 7.96. The summed E-state index contributed by atoms with van der Waals surface area (Å²) >= 11 is 6.06. The first kappa shape index (κ1) is 23.1. The summed E-state index contributed by atoms with van der Waals surface area (Å²) in [6.45, 7) is 7.26. The Hall–Kier alpha value is -1.61. The number of benzene rings is 2. The van der Waals surface area contributed by atoms with Crippen molar-refractivity contribution >= 4 is 37.3 Å². The van der Waals surface area contributed by atoms with Gasteiger partial charge in [0.1, 0.15) is 0 Å². The van der Waals surface area contributed by atoms with Crippen LogP contribution in [0, 0.1) is 13.8 Å². The largest absolute Gasteiger partial charge is 0.280 e. The van der Waals surface area contributed by atoms with E-state index in [0.29, 0.717) is 21.8 Å². The van der Waals surface area contributed by atoms with E-state index in [0.717, 1.165) is 19.3 Å². The van der Waals surface area contributed by atoms with Crippen molar-refractivity contribution in [1.29, 1.82) is 0 Å². The van der Waals surface area contributed by atoms with Crippen molar-refractivity contribution in [3.05, 3.63) is 52.5 Å². The maximum atomic E-state index is 13.1. The molecule has 6 nitrogen and oxygen atoms in total. The van der Waals surface area contributed by atoms with E-state index in [4.69, 9.17) is 11.6 Å². The molecule has 30 heavy (non-hydrogen) atoms. The standard InChI is InChI=1S/C21H27ClN2O4S2/c1-14-13-21(15(2)12-20(14)22)29(25,26)23-18-8-10-19(11-9-18)30(27,28)24-16(3)6-5-7-17(24)4/h8-13,16-17,23H,5-7H2,1-4H3. The topological polar surface area (TPSA) is 83.5 Å². The van der Waals surface area contributed by atoms with Crippen molar-refractivity contribution in [3.8, 4) is 0 Å². The van der Waals surface area contributed by atoms with Gasteiger partial charge in [0.05, 0.1) is 9.79 Å². The predicted octanol–water partition coefficient (Wildman–Crippen LogP) is 4.71. The molecule has 0 spiro atoms. The van der Waals surface area contributed by atoms with Crippen molar-refractivity contribution in [1.82, 2.24) is 4.31 Å². The highest BCUT2D eigenvalue weighted by atomic mass is 35.5. The molecular weight excluding hydrogens is 444 g/mol. The minimum atomic E-state index is -3.84. The summed E-state index contributed by atoms with van der Waals surface area (Å²) in [6.07, 6.45) is 2.68. The van der Waals surface area contributed by atoms with Crippen LogP contribution in [0.5, 0.6) is 0 Å². The molecule has 2 aromatic rings. The lowest BCUT2D eigenvalue weighted by Gasteiger charge is -2.37. The van der Waals surface area contributed by atoms with Crippen LogP contribution in [-0.2, 0) is 20.0 Å². The van der Waals surface area contributed by atoms with Crippen LogP contribution in [0.4, 0.5) is 5.69 Å². The molecule has 0 radical (unpaired) electrons. The minimum Gasteiger partial charge on any atom is -0.280 e. The molecule has 1 aliphatic rings. The number of piperidine rings is 1. The van der Waals surface area contributed by atoms with Crippen molar-refractivity contribution in [2.75, 3.05) is 4.72 Å². The van der Waals surface area contributed by atoms with Crippen LogP contribution in [0.3, 0.4) is 0 Å². The summed E-state index contributed by atoms with van der Waals surface area (Å²) in [6, 6.07) is 8.85. The van der Waals surface area contributed by atoms with Gasteiger partial charge in [0, 0.05) is 22.8 Å². The highest BCUT2D eigenvalue weighted by Crippen LogP contribution is 2.30. The van der Waals surface area contributed by atoms with Gasteiger partial charge in [-0.25, -0.2) is 16.8 Å². The summed E-state index contributed by atoms with van der Waals surface area (Å²) in [7, 11) is -7.49. The molecule has 1 saturated heterocycles. The number of sulfonamides is 2. The average Bonchev–Trinajstić information content (AvgIpc) is 2.64. The zero-order valence-electron chi connectivity index (χ0n) is 17.5. The maximum absolute atomic E-state index is 13.1. The molecule has 0 aromatic heterocycles. The molecule has 2 unspecified atom stereocenters. The number of nitrogens with zero attached hydrogens (tertiary/aromatic N) is 1. The Morgan fingerprint density at radius 3 is 2.07 bits per heavy atom. The van der Waals surface area contributed by atoms with E-state index < -0.39 is 20.0 Å². The number of nitrogens with one attached hydrogen (secondary N) is 1. The van der Waals surface area contributed by atoms with Crippen LogP contribution >= 0.6 is 11.6 Å².